The Kier molecular flexibility index (Phi) is 4.99. The number of ether oxygens (including phenoxy) is 1. The molecule has 2 aliphatic carbocycles. The number of rotatable bonds is 5. The van der Waals surface area contributed by atoms with E-state index in [9.17, 15) is 14.4 Å². The van der Waals surface area contributed by atoms with Crippen molar-refractivity contribution in [3.63, 3.8) is 0 Å². The Morgan fingerprint density at radius 3 is 2.23 bits per heavy atom. The third kappa shape index (κ3) is 3.60. The molecule has 31 heavy (non-hydrogen) atoms. The molecule has 2 bridgehead atoms. The molecule has 2 aromatic rings. The van der Waals surface area contributed by atoms with E-state index in [0.29, 0.717) is 27.2 Å². The van der Waals surface area contributed by atoms with Crippen molar-refractivity contribution in [1.29, 1.82) is 0 Å². The van der Waals surface area contributed by atoms with Crippen LogP contribution in [-0.2, 0) is 14.4 Å². The molecule has 2 fully saturated rings. The Bertz CT molecular complexity index is 1090. The van der Waals surface area contributed by atoms with Gasteiger partial charge in [-0.25, -0.2) is 0 Å². The molecule has 0 radical (unpaired) electrons. The number of carbonyl (C=O) groups excluding carboxylic acids is 3. The summed E-state index contributed by atoms with van der Waals surface area (Å²) in [6.07, 6.45) is 4.89. The van der Waals surface area contributed by atoms with Gasteiger partial charge in [0.05, 0.1) is 17.5 Å². The van der Waals surface area contributed by atoms with Crippen LogP contribution in [0.3, 0.4) is 0 Å². The fourth-order valence-corrected chi connectivity index (χ4v) is 5.07. The first kappa shape index (κ1) is 20.1. The summed E-state index contributed by atoms with van der Waals surface area (Å²) in [6.45, 7) is -0.336. The smallest absolute Gasteiger partial charge is 0.244 e. The first-order valence-electron chi connectivity index (χ1n) is 9.97. The predicted octanol–water partition coefficient (Wildman–Crippen LogP) is 4.53. The third-order valence-electron chi connectivity index (χ3n) is 6.12. The summed E-state index contributed by atoms with van der Waals surface area (Å²) in [6, 6.07) is 11.6. The summed E-state index contributed by atoms with van der Waals surface area (Å²) in [4.78, 5) is 39.4. The highest BCUT2D eigenvalue weighted by Crippen LogP contribution is 2.52. The summed E-state index contributed by atoms with van der Waals surface area (Å²) in [5, 5.41) is 3.70. The van der Waals surface area contributed by atoms with E-state index in [1.807, 2.05) is 12.2 Å². The van der Waals surface area contributed by atoms with Gasteiger partial charge in [-0.1, -0.05) is 35.4 Å². The maximum absolute atomic E-state index is 12.8. The van der Waals surface area contributed by atoms with Crippen LogP contribution >= 0.6 is 23.2 Å². The minimum atomic E-state index is -0.495. The number of likely N-dealkylation sites (tertiary alicyclic amines) is 1. The zero-order valence-electron chi connectivity index (χ0n) is 16.3. The highest BCUT2D eigenvalue weighted by Gasteiger charge is 2.59. The zero-order chi connectivity index (χ0) is 21.7. The molecule has 158 valence electrons. The summed E-state index contributed by atoms with van der Waals surface area (Å²) >= 11 is 12.0. The second kappa shape index (κ2) is 7.70. The predicted molar refractivity (Wildman–Crippen MR) is 116 cm³/mol. The molecule has 5 rings (SSSR count). The third-order valence-corrected chi connectivity index (χ3v) is 6.61. The van der Waals surface area contributed by atoms with Crippen LogP contribution in [0.25, 0.3) is 0 Å². The molecular weight excluding hydrogens is 439 g/mol. The van der Waals surface area contributed by atoms with Gasteiger partial charge >= 0.3 is 0 Å². The first-order chi connectivity index (χ1) is 14.9. The Morgan fingerprint density at radius 1 is 0.968 bits per heavy atom. The van der Waals surface area contributed by atoms with Gasteiger partial charge in [-0.15, -0.1) is 0 Å². The molecule has 4 atom stereocenters. The monoisotopic (exact) mass is 456 g/mol. The van der Waals surface area contributed by atoms with E-state index in [1.165, 1.54) is 0 Å². The van der Waals surface area contributed by atoms with Gasteiger partial charge in [0.25, 0.3) is 0 Å². The van der Waals surface area contributed by atoms with Crippen LogP contribution in [0.1, 0.15) is 6.42 Å². The summed E-state index contributed by atoms with van der Waals surface area (Å²) in [5.74, 6) is -0.558. The number of nitrogens with zero attached hydrogens (tertiary/aromatic N) is 1. The number of halogens is 2. The fourth-order valence-electron chi connectivity index (χ4n) is 4.77. The standard InChI is InChI=1S/C23H18Cl2N2O4/c24-14-3-6-16(7-4-14)31-18-8-5-15(25)10-17(18)26-19(28)11-27-22(29)20-12-1-2-13(9-12)21(20)23(27)30/h1-8,10,12-13,20-21H,9,11H2,(H,26,28). The summed E-state index contributed by atoms with van der Waals surface area (Å²) in [7, 11) is 0. The average molecular weight is 457 g/mol. The number of hydrogen-bond donors (Lipinski definition) is 1. The maximum atomic E-state index is 12.8. The molecule has 1 aliphatic heterocycles. The number of imide groups is 1. The van der Waals surface area contributed by atoms with Crippen molar-refractivity contribution in [3.05, 3.63) is 64.7 Å². The van der Waals surface area contributed by atoms with E-state index >= 15 is 0 Å². The van der Waals surface area contributed by atoms with Crippen LogP contribution in [0.15, 0.2) is 54.6 Å². The molecule has 0 spiro atoms. The fraction of sp³-hybridized carbons (Fsp3) is 0.261. The molecule has 8 heteroatoms. The van der Waals surface area contributed by atoms with Crippen molar-refractivity contribution >= 4 is 46.6 Å². The number of benzene rings is 2. The first-order valence-corrected chi connectivity index (χ1v) is 10.7. The lowest BCUT2D eigenvalue weighted by Gasteiger charge is -2.18. The van der Waals surface area contributed by atoms with E-state index in [0.717, 1.165) is 11.3 Å². The van der Waals surface area contributed by atoms with Crippen molar-refractivity contribution in [3.8, 4) is 11.5 Å². The van der Waals surface area contributed by atoms with Gasteiger partial charge in [0, 0.05) is 10.0 Å². The summed E-state index contributed by atoms with van der Waals surface area (Å²) in [5.41, 5.74) is 0.341. The highest BCUT2D eigenvalue weighted by molar-refractivity contribution is 6.31. The minimum Gasteiger partial charge on any atom is -0.455 e. The maximum Gasteiger partial charge on any atom is 0.244 e. The lowest BCUT2D eigenvalue weighted by molar-refractivity contribution is -0.143. The van der Waals surface area contributed by atoms with E-state index < -0.39 is 5.91 Å². The van der Waals surface area contributed by atoms with Crippen LogP contribution in [0.4, 0.5) is 5.69 Å². The molecule has 0 aromatic heterocycles. The molecule has 1 heterocycles. The lowest BCUT2D eigenvalue weighted by Crippen LogP contribution is -2.39. The Balaban J connectivity index is 1.31. The lowest BCUT2D eigenvalue weighted by atomic mass is 9.85. The Morgan fingerprint density at radius 2 is 1.58 bits per heavy atom. The van der Waals surface area contributed by atoms with Gasteiger partial charge in [0.1, 0.15) is 12.3 Å². The molecule has 1 saturated carbocycles. The second-order valence-corrected chi connectivity index (χ2v) is 8.88. The van der Waals surface area contributed by atoms with Crippen molar-refractivity contribution < 1.29 is 19.1 Å². The van der Waals surface area contributed by atoms with Gasteiger partial charge in [-0.3, -0.25) is 19.3 Å². The van der Waals surface area contributed by atoms with Crippen LogP contribution in [0, 0.1) is 23.7 Å². The van der Waals surface area contributed by atoms with Crippen molar-refractivity contribution in [1.82, 2.24) is 4.90 Å². The molecule has 3 amide bonds. The number of anilines is 1. The highest BCUT2D eigenvalue weighted by atomic mass is 35.5. The normalized spacial score (nSPS) is 25.8. The van der Waals surface area contributed by atoms with E-state index in [1.54, 1.807) is 42.5 Å². The van der Waals surface area contributed by atoms with Crippen LogP contribution in [0.2, 0.25) is 10.0 Å². The van der Waals surface area contributed by atoms with Gasteiger partial charge in [0.15, 0.2) is 5.75 Å². The minimum absolute atomic E-state index is 0.104. The average Bonchev–Trinajstić information content (AvgIpc) is 3.42. The molecule has 6 nitrogen and oxygen atoms in total. The molecule has 1 N–H and O–H groups in total. The van der Waals surface area contributed by atoms with Gasteiger partial charge in [-0.05, 0) is 60.7 Å². The SMILES string of the molecule is O=C(CN1C(=O)C2C3C=CC(C3)C2C1=O)Nc1cc(Cl)ccc1Oc1ccc(Cl)cc1. The Labute approximate surface area is 188 Å². The van der Waals surface area contributed by atoms with Gasteiger partial charge < -0.3 is 10.1 Å². The van der Waals surface area contributed by atoms with E-state index in [2.05, 4.69) is 5.32 Å². The Hall–Kier alpha value is -2.83. The quantitative estimate of drug-likeness (QED) is 0.529. The number of fused-ring (bicyclic) bond motifs is 5. The van der Waals surface area contributed by atoms with Crippen molar-refractivity contribution in [2.75, 3.05) is 11.9 Å². The van der Waals surface area contributed by atoms with Crippen molar-refractivity contribution in [2.45, 2.75) is 6.42 Å². The van der Waals surface area contributed by atoms with Crippen molar-refractivity contribution in [2.24, 2.45) is 23.7 Å². The topological polar surface area (TPSA) is 75.7 Å². The van der Waals surface area contributed by atoms with Crippen LogP contribution in [-0.4, -0.2) is 29.2 Å². The number of hydrogen-bond acceptors (Lipinski definition) is 4. The number of nitrogens with one attached hydrogen (secondary N) is 1. The number of amides is 3. The molecular formula is C23H18Cl2N2O4. The molecule has 1 saturated heterocycles. The molecule has 2 aromatic carbocycles. The zero-order valence-corrected chi connectivity index (χ0v) is 17.8. The number of carbonyl (C=O) groups is 3. The van der Waals surface area contributed by atoms with E-state index in [-0.39, 0.29) is 42.0 Å². The van der Waals surface area contributed by atoms with Gasteiger partial charge in [-0.2, -0.15) is 0 Å². The molecule has 4 unspecified atom stereocenters. The van der Waals surface area contributed by atoms with Crippen LogP contribution in [0.5, 0.6) is 11.5 Å². The molecule has 3 aliphatic rings. The summed E-state index contributed by atoms with van der Waals surface area (Å²) < 4.78 is 5.84. The second-order valence-electron chi connectivity index (χ2n) is 8.01. The number of allylic oxidation sites excluding steroid dienone is 2. The van der Waals surface area contributed by atoms with E-state index in [4.69, 9.17) is 27.9 Å². The van der Waals surface area contributed by atoms with Gasteiger partial charge in [0.2, 0.25) is 17.7 Å². The van der Waals surface area contributed by atoms with Crippen LogP contribution < -0.4 is 10.1 Å². The largest absolute Gasteiger partial charge is 0.455 e.